The van der Waals surface area contributed by atoms with Gasteiger partial charge in [-0.25, -0.2) is 0 Å². The molecule has 1 unspecified atom stereocenters. The lowest BCUT2D eigenvalue weighted by Gasteiger charge is -2.26. The van der Waals surface area contributed by atoms with E-state index < -0.39 is 0 Å². The van der Waals surface area contributed by atoms with Crippen molar-refractivity contribution in [2.45, 2.75) is 26.2 Å². The van der Waals surface area contributed by atoms with E-state index in [1.165, 1.54) is 0 Å². The molecule has 0 spiro atoms. The molecule has 2 N–H and O–H groups in total. The van der Waals surface area contributed by atoms with E-state index in [2.05, 4.69) is 17.6 Å². The normalized spacial score (nSPS) is 21.1. The number of nitrogens with one attached hydrogen (secondary N) is 2. The van der Waals surface area contributed by atoms with E-state index in [9.17, 15) is 4.79 Å². The maximum atomic E-state index is 12.7. The predicted octanol–water partition coefficient (Wildman–Crippen LogP) is 2.42. The van der Waals surface area contributed by atoms with Gasteiger partial charge in [0.25, 0.3) is 0 Å². The zero-order chi connectivity index (χ0) is 15.3. The second-order valence-corrected chi connectivity index (χ2v) is 5.51. The Morgan fingerprint density at radius 3 is 2.43 bits per heavy atom. The summed E-state index contributed by atoms with van der Waals surface area (Å²) in [6.07, 6.45) is 2.78. The second-order valence-electron chi connectivity index (χ2n) is 5.51. The van der Waals surface area contributed by atoms with Gasteiger partial charge in [-0.3, -0.25) is 4.79 Å². The van der Waals surface area contributed by atoms with Crippen LogP contribution in [-0.2, 0) is 4.79 Å². The summed E-state index contributed by atoms with van der Waals surface area (Å²) in [5, 5.41) is 6.32. The van der Waals surface area contributed by atoms with Gasteiger partial charge in [-0.05, 0) is 19.4 Å². The first-order valence-corrected chi connectivity index (χ1v) is 7.39. The van der Waals surface area contributed by atoms with E-state index >= 15 is 0 Å². The molecule has 0 bridgehead atoms. The van der Waals surface area contributed by atoms with Crippen molar-refractivity contribution in [2.24, 2.45) is 5.41 Å². The molecule has 1 atom stereocenters. The first kappa shape index (κ1) is 15.6. The molecule has 1 aliphatic heterocycles. The van der Waals surface area contributed by atoms with Crippen molar-refractivity contribution in [3.63, 3.8) is 0 Å². The smallest absolute Gasteiger partial charge is 0.231 e. The number of ether oxygens (including phenoxy) is 2. The number of hydrogen-bond acceptors (Lipinski definition) is 4. The van der Waals surface area contributed by atoms with Crippen molar-refractivity contribution in [2.75, 3.05) is 32.6 Å². The van der Waals surface area contributed by atoms with Crippen LogP contribution in [0.15, 0.2) is 18.2 Å². The zero-order valence-corrected chi connectivity index (χ0v) is 13.0. The minimum Gasteiger partial charge on any atom is -0.497 e. The van der Waals surface area contributed by atoms with Crippen molar-refractivity contribution in [3.8, 4) is 11.5 Å². The fraction of sp³-hybridized carbons (Fsp3) is 0.562. The van der Waals surface area contributed by atoms with Crippen molar-refractivity contribution >= 4 is 11.6 Å². The lowest BCUT2D eigenvalue weighted by molar-refractivity contribution is -0.125. The van der Waals surface area contributed by atoms with Crippen molar-refractivity contribution in [1.29, 1.82) is 0 Å². The monoisotopic (exact) mass is 292 g/mol. The minimum atomic E-state index is -0.301. The SMILES string of the molecule is CCCC1(C(=O)Nc2cc(OC)cc(OC)c2)CCNC1. The third-order valence-electron chi connectivity index (χ3n) is 4.06. The zero-order valence-electron chi connectivity index (χ0n) is 13.0. The molecule has 0 radical (unpaired) electrons. The maximum absolute atomic E-state index is 12.7. The van der Waals surface area contributed by atoms with Gasteiger partial charge in [0.15, 0.2) is 0 Å². The number of carbonyl (C=O) groups excluding carboxylic acids is 1. The highest BCUT2D eigenvalue weighted by molar-refractivity contribution is 5.96. The number of carbonyl (C=O) groups is 1. The quantitative estimate of drug-likeness (QED) is 0.845. The summed E-state index contributed by atoms with van der Waals surface area (Å²) in [6.45, 7) is 3.75. The standard InChI is InChI=1S/C16H24N2O3/c1-4-5-16(6-7-17-11-16)15(19)18-12-8-13(20-2)10-14(9-12)21-3/h8-10,17H,4-7,11H2,1-3H3,(H,18,19). The summed E-state index contributed by atoms with van der Waals surface area (Å²) in [4.78, 5) is 12.7. The van der Waals surface area contributed by atoms with Gasteiger partial charge in [0.1, 0.15) is 11.5 Å². The van der Waals surface area contributed by atoms with Crippen LogP contribution in [0.2, 0.25) is 0 Å². The van der Waals surface area contributed by atoms with Gasteiger partial charge < -0.3 is 20.1 Å². The highest BCUT2D eigenvalue weighted by Gasteiger charge is 2.40. The average Bonchev–Trinajstić information content (AvgIpc) is 2.97. The largest absolute Gasteiger partial charge is 0.497 e. The topological polar surface area (TPSA) is 59.6 Å². The maximum Gasteiger partial charge on any atom is 0.231 e. The number of methoxy groups -OCH3 is 2. The Labute approximate surface area is 126 Å². The molecule has 5 nitrogen and oxygen atoms in total. The molecule has 116 valence electrons. The molecule has 1 heterocycles. The molecule has 1 amide bonds. The minimum absolute atomic E-state index is 0.0738. The summed E-state index contributed by atoms with van der Waals surface area (Å²) < 4.78 is 10.5. The summed E-state index contributed by atoms with van der Waals surface area (Å²) in [5.74, 6) is 1.40. The van der Waals surface area contributed by atoms with Crippen LogP contribution in [0, 0.1) is 5.41 Å². The van der Waals surface area contributed by atoms with Crippen LogP contribution in [0.4, 0.5) is 5.69 Å². The van der Waals surface area contributed by atoms with E-state index in [0.717, 1.165) is 32.4 Å². The average molecular weight is 292 g/mol. The molecule has 0 aromatic heterocycles. The van der Waals surface area contributed by atoms with Gasteiger partial charge in [0.2, 0.25) is 5.91 Å². The number of amides is 1. The molecule has 1 aliphatic rings. The van der Waals surface area contributed by atoms with E-state index in [0.29, 0.717) is 17.2 Å². The van der Waals surface area contributed by atoms with E-state index in [4.69, 9.17) is 9.47 Å². The lowest BCUT2D eigenvalue weighted by atomic mass is 9.81. The molecule has 1 aromatic rings. The number of anilines is 1. The van der Waals surface area contributed by atoms with Crippen LogP contribution < -0.4 is 20.1 Å². The molecule has 5 heteroatoms. The van der Waals surface area contributed by atoms with Crippen molar-refractivity contribution in [3.05, 3.63) is 18.2 Å². The molecule has 1 saturated heterocycles. The number of hydrogen-bond donors (Lipinski definition) is 2. The second kappa shape index (κ2) is 6.80. The Kier molecular flexibility index (Phi) is 5.07. The lowest BCUT2D eigenvalue weighted by Crippen LogP contribution is -2.38. The Hall–Kier alpha value is -1.75. The Morgan fingerprint density at radius 2 is 1.95 bits per heavy atom. The van der Waals surface area contributed by atoms with E-state index in [-0.39, 0.29) is 11.3 Å². The molecular formula is C16H24N2O3. The highest BCUT2D eigenvalue weighted by Crippen LogP contribution is 2.34. The van der Waals surface area contributed by atoms with Crippen LogP contribution in [-0.4, -0.2) is 33.2 Å². The third kappa shape index (κ3) is 3.47. The first-order chi connectivity index (χ1) is 10.1. The van der Waals surface area contributed by atoms with Gasteiger partial charge in [-0.2, -0.15) is 0 Å². The Bertz CT molecular complexity index is 474. The number of benzene rings is 1. The van der Waals surface area contributed by atoms with Crippen LogP contribution in [0.25, 0.3) is 0 Å². The Balaban J connectivity index is 2.18. The molecule has 1 aromatic carbocycles. The number of rotatable bonds is 6. The fourth-order valence-electron chi connectivity index (χ4n) is 2.89. The summed E-state index contributed by atoms with van der Waals surface area (Å²) in [6, 6.07) is 5.40. The van der Waals surface area contributed by atoms with Crippen LogP contribution in [0.5, 0.6) is 11.5 Å². The van der Waals surface area contributed by atoms with Gasteiger partial charge in [-0.15, -0.1) is 0 Å². The molecule has 0 saturated carbocycles. The molecule has 1 fully saturated rings. The Morgan fingerprint density at radius 1 is 1.29 bits per heavy atom. The van der Waals surface area contributed by atoms with Crippen LogP contribution >= 0.6 is 0 Å². The van der Waals surface area contributed by atoms with Crippen LogP contribution in [0.3, 0.4) is 0 Å². The summed E-state index contributed by atoms with van der Waals surface area (Å²) in [7, 11) is 3.19. The van der Waals surface area contributed by atoms with Crippen LogP contribution in [0.1, 0.15) is 26.2 Å². The molecule has 0 aliphatic carbocycles. The van der Waals surface area contributed by atoms with Crippen molar-refractivity contribution < 1.29 is 14.3 Å². The van der Waals surface area contributed by atoms with Crippen molar-refractivity contribution in [1.82, 2.24) is 5.32 Å². The highest BCUT2D eigenvalue weighted by atomic mass is 16.5. The first-order valence-electron chi connectivity index (χ1n) is 7.39. The predicted molar refractivity (Wildman–Crippen MR) is 83.0 cm³/mol. The van der Waals surface area contributed by atoms with E-state index in [1.807, 2.05) is 12.1 Å². The summed E-state index contributed by atoms with van der Waals surface area (Å²) in [5.41, 5.74) is 0.406. The third-order valence-corrected chi connectivity index (χ3v) is 4.06. The molecular weight excluding hydrogens is 268 g/mol. The molecule has 21 heavy (non-hydrogen) atoms. The van der Waals surface area contributed by atoms with Gasteiger partial charge in [-0.1, -0.05) is 13.3 Å². The molecule has 2 rings (SSSR count). The van der Waals surface area contributed by atoms with Gasteiger partial charge in [0.05, 0.1) is 19.6 Å². The summed E-state index contributed by atoms with van der Waals surface area (Å²) >= 11 is 0. The van der Waals surface area contributed by atoms with Gasteiger partial charge >= 0.3 is 0 Å². The van der Waals surface area contributed by atoms with Gasteiger partial charge in [0, 0.05) is 30.4 Å². The fourth-order valence-corrected chi connectivity index (χ4v) is 2.89. The van der Waals surface area contributed by atoms with E-state index in [1.54, 1.807) is 20.3 Å².